The van der Waals surface area contributed by atoms with Gasteiger partial charge in [0.1, 0.15) is 0 Å². The molecule has 0 atom stereocenters. The maximum Gasteiger partial charge on any atom is 0.191 e. The number of hydrogen-bond donors (Lipinski definition) is 2. The number of rotatable bonds is 6. The van der Waals surface area contributed by atoms with Gasteiger partial charge in [-0.2, -0.15) is 0 Å². The van der Waals surface area contributed by atoms with E-state index in [1.54, 1.807) is 19.2 Å². The lowest BCUT2D eigenvalue weighted by Gasteiger charge is -2.19. The number of nitrogens with one attached hydrogen (secondary N) is 2. The minimum Gasteiger partial charge on any atom is -0.356 e. The molecule has 3 rings (SSSR count). The summed E-state index contributed by atoms with van der Waals surface area (Å²) in [6, 6.07) is 14.9. The molecule has 0 spiro atoms. The zero-order valence-electron chi connectivity index (χ0n) is 15.5. The van der Waals surface area contributed by atoms with Gasteiger partial charge in [0, 0.05) is 36.8 Å². The van der Waals surface area contributed by atoms with Gasteiger partial charge in [-0.15, -0.1) is 0 Å². The van der Waals surface area contributed by atoms with Gasteiger partial charge in [-0.25, -0.2) is 8.42 Å². The van der Waals surface area contributed by atoms with Crippen LogP contribution in [0.3, 0.4) is 0 Å². The fourth-order valence-electron chi connectivity index (χ4n) is 3.05. The van der Waals surface area contributed by atoms with Gasteiger partial charge >= 0.3 is 0 Å². The predicted molar refractivity (Wildman–Crippen MR) is 110 cm³/mol. The van der Waals surface area contributed by atoms with Crippen molar-refractivity contribution in [3.63, 3.8) is 0 Å². The summed E-state index contributed by atoms with van der Waals surface area (Å²) < 4.78 is 23.1. The maximum atomic E-state index is 11.5. The van der Waals surface area contributed by atoms with Gasteiger partial charge in [0.05, 0.1) is 4.90 Å². The van der Waals surface area contributed by atoms with E-state index in [1.165, 1.54) is 11.8 Å². The smallest absolute Gasteiger partial charge is 0.191 e. The predicted octanol–water partition coefficient (Wildman–Crippen LogP) is 3.14. The van der Waals surface area contributed by atoms with Crippen LogP contribution in [0.25, 0.3) is 0 Å². The molecule has 1 aliphatic carbocycles. The first kappa shape index (κ1) is 19.7. The van der Waals surface area contributed by atoms with Gasteiger partial charge in [-0.3, -0.25) is 4.99 Å². The topological polar surface area (TPSA) is 70.6 Å². The highest BCUT2D eigenvalue weighted by Crippen LogP contribution is 2.48. The molecule has 144 valence electrons. The van der Waals surface area contributed by atoms with Crippen molar-refractivity contribution >= 4 is 27.4 Å². The van der Waals surface area contributed by atoms with Crippen LogP contribution in [-0.2, 0) is 21.8 Å². The lowest BCUT2D eigenvalue weighted by Crippen LogP contribution is -2.40. The molecular formula is C20H24ClN3O2S. The second-order valence-electron chi connectivity index (χ2n) is 6.99. The number of hydrogen-bond acceptors (Lipinski definition) is 3. The van der Waals surface area contributed by atoms with Gasteiger partial charge in [0.2, 0.25) is 0 Å². The molecule has 0 unspecified atom stereocenters. The second-order valence-corrected chi connectivity index (χ2v) is 9.44. The van der Waals surface area contributed by atoms with E-state index in [4.69, 9.17) is 11.6 Å². The largest absolute Gasteiger partial charge is 0.356 e. The van der Waals surface area contributed by atoms with E-state index in [9.17, 15) is 8.42 Å². The third-order valence-corrected chi connectivity index (χ3v) is 6.28. The van der Waals surface area contributed by atoms with E-state index in [0.29, 0.717) is 11.4 Å². The van der Waals surface area contributed by atoms with E-state index < -0.39 is 9.84 Å². The van der Waals surface area contributed by atoms with Crippen molar-refractivity contribution in [3.8, 4) is 0 Å². The lowest BCUT2D eigenvalue weighted by atomic mass is 9.96. The summed E-state index contributed by atoms with van der Waals surface area (Å²) in [5.74, 6) is 0.718. The summed E-state index contributed by atoms with van der Waals surface area (Å²) in [5.41, 5.74) is 2.37. The van der Waals surface area contributed by atoms with E-state index in [-0.39, 0.29) is 5.41 Å². The van der Waals surface area contributed by atoms with Crippen LogP contribution in [0.1, 0.15) is 24.0 Å². The SMILES string of the molecule is CN=C(NCc1ccc(S(C)(=O)=O)cc1)NCC1(c2cccc(Cl)c2)CC1. The molecule has 0 saturated heterocycles. The molecule has 2 aromatic rings. The highest BCUT2D eigenvalue weighted by atomic mass is 35.5. The Kier molecular flexibility index (Phi) is 5.77. The first-order chi connectivity index (χ1) is 12.8. The molecule has 0 amide bonds. The minimum absolute atomic E-state index is 0.125. The van der Waals surface area contributed by atoms with Crippen LogP contribution < -0.4 is 10.6 Å². The molecule has 2 N–H and O–H groups in total. The Morgan fingerprint density at radius 1 is 1.15 bits per heavy atom. The van der Waals surface area contributed by atoms with E-state index in [1.807, 2.05) is 30.3 Å². The monoisotopic (exact) mass is 405 g/mol. The van der Waals surface area contributed by atoms with Crippen molar-refractivity contribution in [2.75, 3.05) is 19.8 Å². The summed E-state index contributed by atoms with van der Waals surface area (Å²) in [5, 5.41) is 7.43. The fraction of sp³-hybridized carbons (Fsp3) is 0.350. The van der Waals surface area contributed by atoms with Crippen LogP contribution in [0.15, 0.2) is 58.4 Å². The maximum absolute atomic E-state index is 11.5. The number of halogens is 1. The molecule has 1 saturated carbocycles. The van der Waals surface area contributed by atoms with Crippen molar-refractivity contribution in [2.45, 2.75) is 29.7 Å². The van der Waals surface area contributed by atoms with Crippen LogP contribution in [0.2, 0.25) is 5.02 Å². The first-order valence-electron chi connectivity index (χ1n) is 8.82. The molecule has 1 fully saturated rings. The second kappa shape index (κ2) is 7.90. The normalized spacial score (nSPS) is 16.0. The lowest BCUT2D eigenvalue weighted by molar-refractivity contribution is 0.602. The quantitative estimate of drug-likeness (QED) is 0.572. The number of guanidine groups is 1. The summed E-state index contributed by atoms with van der Waals surface area (Å²) >= 11 is 6.13. The van der Waals surface area contributed by atoms with Crippen molar-refractivity contribution in [3.05, 3.63) is 64.7 Å². The Balaban J connectivity index is 1.56. The van der Waals surface area contributed by atoms with Gasteiger partial charge in [0.15, 0.2) is 15.8 Å². The van der Waals surface area contributed by atoms with Crippen molar-refractivity contribution in [1.82, 2.24) is 10.6 Å². The first-order valence-corrected chi connectivity index (χ1v) is 11.1. The molecule has 2 aromatic carbocycles. The molecule has 27 heavy (non-hydrogen) atoms. The molecule has 1 aliphatic rings. The van der Waals surface area contributed by atoms with Crippen LogP contribution in [0.4, 0.5) is 0 Å². The van der Waals surface area contributed by atoms with E-state index >= 15 is 0 Å². The molecule has 0 aromatic heterocycles. The Morgan fingerprint density at radius 2 is 1.85 bits per heavy atom. The average molecular weight is 406 g/mol. The van der Waals surface area contributed by atoms with E-state index in [2.05, 4.69) is 21.7 Å². The van der Waals surface area contributed by atoms with Gasteiger partial charge < -0.3 is 10.6 Å². The van der Waals surface area contributed by atoms with Gasteiger partial charge in [-0.1, -0.05) is 35.9 Å². The summed E-state index contributed by atoms with van der Waals surface area (Å²) in [6.07, 6.45) is 3.47. The molecule has 0 radical (unpaired) electrons. The zero-order valence-corrected chi connectivity index (χ0v) is 17.1. The number of aliphatic imine (C=N–C) groups is 1. The molecule has 7 heteroatoms. The fourth-order valence-corrected chi connectivity index (χ4v) is 3.87. The molecule has 0 bridgehead atoms. The summed E-state index contributed by atoms with van der Waals surface area (Å²) in [4.78, 5) is 4.60. The highest BCUT2D eigenvalue weighted by Gasteiger charge is 2.44. The third-order valence-electron chi connectivity index (χ3n) is 4.92. The summed E-state index contributed by atoms with van der Waals surface area (Å²) in [7, 11) is -1.43. The zero-order chi connectivity index (χ0) is 19.5. The highest BCUT2D eigenvalue weighted by molar-refractivity contribution is 7.90. The molecule has 5 nitrogen and oxygen atoms in total. The van der Waals surface area contributed by atoms with Gasteiger partial charge in [0.25, 0.3) is 0 Å². The van der Waals surface area contributed by atoms with Crippen molar-refractivity contribution in [1.29, 1.82) is 0 Å². The Bertz CT molecular complexity index is 936. The number of nitrogens with zero attached hydrogens (tertiary/aromatic N) is 1. The van der Waals surface area contributed by atoms with Crippen LogP contribution in [0, 0.1) is 0 Å². The Hall–Kier alpha value is -2.05. The standard InChI is InChI=1S/C20H24ClN3O2S/c1-22-19(23-13-15-6-8-18(9-7-15)27(2,25)26)24-14-20(10-11-20)16-4-3-5-17(21)12-16/h3-9,12H,10-11,13-14H2,1-2H3,(H2,22,23,24). The van der Waals surface area contributed by atoms with E-state index in [0.717, 1.165) is 35.9 Å². The molecule has 0 heterocycles. The van der Waals surface area contributed by atoms with Crippen LogP contribution in [0.5, 0.6) is 0 Å². The number of benzene rings is 2. The summed E-state index contributed by atoms with van der Waals surface area (Å²) in [6.45, 7) is 1.36. The third kappa shape index (κ3) is 5.02. The molecular weight excluding hydrogens is 382 g/mol. The molecule has 0 aliphatic heterocycles. The Morgan fingerprint density at radius 3 is 2.41 bits per heavy atom. The van der Waals surface area contributed by atoms with Crippen LogP contribution in [-0.4, -0.2) is 34.2 Å². The number of sulfone groups is 1. The van der Waals surface area contributed by atoms with Crippen molar-refractivity contribution in [2.24, 2.45) is 4.99 Å². The average Bonchev–Trinajstić information content (AvgIpc) is 3.43. The van der Waals surface area contributed by atoms with Crippen LogP contribution >= 0.6 is 11.6 Å². The minimum atomic E-state index is -3.17. The Labute approximate surface area is 165 Å². The van der Waals surface area contributed by atoms with Gasteiger partial charge in [-0.05, 0) is 48.2 Å². The van der Waals surface area contributed by atoms with Crippen molar-refractivity contribution < 1.29 is 8.42 Å².